The molecule has 0 spiro atoms. The molecule has 0 saturated carbocycles. The lowest BCUT2D eigenvalue weighted by Gasteiger charge is -2.10. The highest BCUT2D eigenvalue weighted by Crippen LogP contribution is 2.10. The van der Waals surface area contributed by atoms with E-state index in [-0.39, 0.29) is 12.5 Å². The normalized spacial score (nSPS) is 11.7. The number of ether oxygens (including phenoxy) is 1. The van der Waals surface area contributed by atoms with E-state index < -0.39 is 12.1 Å². The van der Waals surface area contributed by atoms with Crippen molar-refractivity contribution >= 4 is 34.5 Å². The maximum atomic E-state index is 11.7. The second-order valence-electron chi connectivity index (χ2n) is 3.23. The minimum atomic E-state index is -1.34. The highest BCUT2D eigenvalue weighted by molar-refractivity contribution is 14.1. The van der Waals surface area contributed by atoms with Gasteiger partial charge in [0.25, 0.3) is 5.91 Å². The van der Waals surface area contributed by atoms with Gasteiger partial charge in [-0.15, -0.1) is 0 Å². The zero-order chi connectivity index (χ0) is 12.8. The number of nitrogens with one attached hydrogen (secondary N) is 1. The van der Waals surface area contributed by atoms with Crippen molar-refractivity contribution < 1.29 is 19.4 Å². The number of esters is 1. The highest BCUT2D eigenvalue weighted by atomic mass is 127. The number of carbonyl (C=O) groups excluding carboxylic acids is 2. The van der Waals surface area contributed by atoms with Crippen LogP contribution in [0.2, 0.25) is 0 Å². The molecule has 0 aliphatic carbocycles. The van der Waals surface area contributed by atoms with Crippen LogP contribution in [0.3, 0.4) is 0 Å². The zero-order valence-electron chi connectivity index (χ0n) is 9.14. The van der Waals surface area contributed by atoms with Gasteiger partial charge in [-0.1, -0.05) is 12.1 Å². The molecule has 0 aliphatic rings. The Labute approximate surface area is 112 Å². The number of rotatable bonds is 4. The summed E-state index contributed by atoms with van der Waals surface area (Å²) in [7, 11) is 1.17. The van der Waals surface area contributed by atoms with E-state index in [2.05, 4.69) is 10.1 Å². The molecule has 1 aromatic carbocycles. The second-order valence-corrected chi connectivity index (χ2v) is 4.39. The molecule has 6 heteroatoms. The average molecular weight is 349 g/mol. The van der Waals surface area contributed by atoms with Crippen molar-refractivity contribution in [3.8, 4) is 0 Å². The van der Waals surface area contributed by atoms with Gasteiger partial charge in [0.05, 0.1) is 19.2 Å². The summed E-state index contributed by atoms with van der Waals surface area (Å²) in [4.78, 5) is 22.6. The van der Waals surface area contributed by atoms with E-state index >= 15 is 0 Å². The predicted octanol–water partition coefficient (Wildman–Crippen LogP) is 0.555. The number of aliphatic hydroxyl groups is 1. The van der Waals surface area contributed by atoms with E-state index in [0.29, 0.717) is 5.56 Å². The highest BCUT2D eigenvalue weighted by Gasteiger charge is 2.17. The quantitative estimate of drug-likeness (QED) is 0.615. The molecular formula is C11H12INO4. The van der Waals surface area contributed by atoms with Crippen LogP contribution in [0.25, 0.3) is 0 Å². The molecule has 2 N–H and O–H groups in total. The number of amides is 1. The molecule has 92 valence electrons. The lowest BCUT2D eigenvalue weighted by atomic mass is 10.2. The molecule has 0 bridgehead atoms. The van der Waals surface area contributed by atoms with Crippen molar-refractivity contribution in [3.63, 3.8) is 0 Å². The second kappa shape index (κ2) is 6.55. The molecule has 1 atom stereocenters. The monoisotopic (exact) mass is 349 g/mol. The number of methoxy groups -OCH3 is 1. The molecule has 1 unspecified atom stereocenters. The van der Waals surface area contributed by atoms with E-state index in [1.165, 1.54) is 7.11 Å². The SMILES string of the molecule is COC(=O)C(O)CNC(=O)c1ccccc1I. The van der Waals surface area contributed by atoms with E-state index in [4.69, 9.17) is 0 Å². The van der Waals surface area contributed by atoms with Crippen molar-refractivity contribution in [2.45, 2.75) is 6.10 Å². The van der Waals surface area contributed by atoms with Crippen molar-refractivity contribution in [1.29, 1.82) is 0 Å². The molecule has 1 rings (SSSR count). The zero-order valence-corrected chi connectivity index (χ0v) is 11.3. The van der Waals surface area contributed by atoms with E-state index in [9.17, 15) is 14.7 Å². The maximum absolute atomic E-state index is 11.7. The van der Waals surface area contributed by atoms with Gasteiger partial charge in [-0.3, -0.25) is 4.79 Å². The van der Waals surface area contributed by atoms with Crippen molar-refractivity contribution in [2.24, 2.45) is 0 Å². The number of hydrogen-bond acceptors (Lipinski definition) is 4. The van der Waals surface area contributed by atoms with Gasteiger partial charge in [-0.2, -0.15) is 0 Å². The number of carbonyl (C=O) groups is 2. The van der Waals surface area contributed by atoms with Gasteiger partial charge in [0, 0.05) is 3.57 Å². The van der Waals surface area contributed by atoms with Gasteiger partial charge in [0.15, 0.2) is 6.10 Å². The van der Waals surface area contributed by atoms with Crippen molar-refractivity contribution in [3.05, 3.63) is 33.4 Å². The molecule has 1 amide bonds. The number of aliphatic hydroxyl groups excluding tert-OH is 1. The van der Waals surface area contributed by atoms with Gasteiger partial charge in [-0.25, -0.2) is 4.79 Å². The Balaban J connectivity index is 2.57. The summed E-state index contributed by atoms with van der Waals surface area (Å²) in [5.41, 5.74) is 0.505. The third-order valence-corrected chi connectivity index (χ3v) is 2.99. The van der Waals surface area contributed by atoms with Gasteiger partial charge in [0.1, 0.15) is 0 Å². The molecular weight excluding hydrogens is 337 g/mol. The molecule has 0 fully saturated rings. The van der Waals surface area contributed by atoms with E-state index in [0.717, 1.165) is 3.57 Å². The molecule has 5 nitrogen and oxygen atoms in total. The predicted molar refractivity (Wildman–Crippen MR) is 69.5 cm³/mol. The first-order valence-corrected chi connectivity index (χ1v) is 5.92. The lowest BCUT2D eigenvalue weighted by molar-refractivity contribution is -0.149. The summed E-state index contributed by atoms with van der Waals surface area (Å²) >= 11 is 2.04. The Bertz CT molecular complexity index is 422. The third kappa shape index (κ3) is 3.97. The van der Waals surface area contributed by atoms with Gasteiger partial charge in [-0.05, 0) is 34.7 Å². The lowest BCUT2D eigenvalue weighted by Crippen LogP contribution is -2.37. The van der Waals surface area contributed by atoms with Crippen LogP contribution in [0.1, 0.15) is 10.4 Å². The fourth-order valence-corrected chi connectivity index (χ4v) is 1.78. The van der Waals surface area contributed by atoms with Gasteiger partial charge in [0.2, 0.25) is 0 Å². The summed E-state index contributed by atoms with van der Waals surface area (Å²) in [6.45, 7) is -0.170. The van der Waals surface area contributed by atoms with Crippen LogP contribution in [0, 0.1) is 3.57 Å². The van der Waals surface area contributed by atoms with Crippen LogP contribution in [0.4, 0.5) is 0 Å². The fraction of sp³-hybridized carbons (Fsp3) is 0.273. The summed E-state index contributed by atoms with van der Waals surface area (Å²) in [5, 5.41) is 11.8. The molecule has 0 heterocycles. The van der Waals surface area contributed by atoms with Crippen LogP contribution in [-0.4, -0.2) is 36.7 Å². The summed E-state index contributed by atoms with van der Waals surface area (Å²) in [6.07, 6.45) is -1.34. The minimum Gasteiger partial charge on any atom is -0.467 e. The van der Waals surface area contributed by atoms with Crippen LogP contribution in [0.15, 0.2) is 24.3 Å². The molecule has 0 aromatic heterocycles. The Morgan fingerprint density at radius 1 is 1.47 bits per heavy atom. The summed E-state index contributed by atoms with van der Waals surface area (Å²) < 4.78 is 5.13. The number of hydrogen-bond donors (Lipinski definition) is 2. The van der Waals surface area contributed by atoms with Crippen LogP contribution in [0.5, 0.6) is 0 Å². The number of halogens is 1. The summed E-state index contributed by atoms with van der Waals surface area (Å²) in [6, 6.07) is 7.03. The Morgan fingerprint density at radius 2 is 2.12 bits per heavy atom. The Kier molecular flexibility index (Phi) is 5.36. The first-order valence-electron chi connectivity index (χ1n) is 4.85. The molecule has 0 radical (unpaired) electrons. The first-order chi connectivity index (χ1) is 8.06. The fourth-order valence-electron chi connectivity index (χ4n) is 1.15. The standard InChI is InChI=1S/C11H12INO4/c1-17-11(16)9(14)6-13-10(15)7-4-2-3-5-8(7)12/h2-5,9,14H,6H2,1H3,(H,13,15). The Morgan fingerprint density at radius 3 is 2.71 bits per heavy atom. The molecule has 0 aliphatic heterocycles. The summed E-state index contributed by atoms with van der Waals surface area (Å²) in [5.74, 6) is -1.11. The smallest absolute Gasteiger partial charge is 0.336 e. The van der Waals surface area contributed by atoms with Crippen molar-refractivity contribution in [2.75, 3.05) is 13.7 Å². The van der Waals surface area contributed by atoms with E-state index in [1.807, 2.05) is 28.7 Å². The van der Waals surface area contributed by atoms with Crippen LogP contribution in [-0.2, 0) is 9.53 Å². The van der Waals surface area contributed by atoms with Crippen molar-refractivity contribution in [1.82, 2.24) is 5.32 Å². The first kappa shape index (κ1) is 13.9. The van der Waals surface area contributed by atoms with Gasteiger partial charge < -0.3 is 15.2 Å². The average Bonchev–Trinajstić information content (AvgIpc) is 2.35. The Hall–Kier alpha value is -1.15. The minimum absolute atomic E-state index is 0.170. The number of benzene rings is 1. The third-order valence-electron chi connectivity index (χ3n) is 2.05. The molecule has 17 heavy (non-hydrogen) atoms. The molecule has 0 saturated heterocycles. The maximum Gasteiger partial charge on any atom is 0.336 e. The van der Waals surface area contributed by atoms with Gasteiger partial charge >= 0.3 is 5.97 Å². The molecule has 1 aromatic rings. The topological polar surface area (TPSA) is 75.6 Å². The van der Waals surface area contributed by atoms with E-state index in [1.54, 1.807) is 18.2 Å². The largest absolute Gasteiger partial charge is 0.467 e. The van der Waals surface area contributed by atoms with Crippen LogP contribution >= 0.6 is 22.6 Å². The van der Waals surface area contributed by atoms with Crippen LogP contribution < -0.4 is 5.32 Å².